The molecule has 0 heterocycles. The number of benzene rings is 1. The molecule has 6 heteroatoms. The van der Waals surface area contributed by atoms with Crippen LogP contribution in [-0.4, -0.2) is 30.7 Å². The van der Waals surface area contributed by atoms with Gasteiger partial charge in [-0.15, -0.1) is 0 Å². The molecule has 0 aliphatic rings. The number of hydrogen-bond donors (Lipinski definition) is 2. The molecule has 0 bridgehead atoms. The summed E-state index contributed by atoms with van der Waals surface area (Å²) in [5.41, 5.74) is 4.71. The van der Waals surface area contributed by atoms with Gasteiger partial charge in [-0.05, 0) is 19.1 Å². The molecule has 0 atom stereocenters. The first-order valence-electron chi connectivity index (χ1n) is 5.19. The second kappa shape index (κ2) is 5.58. The minimum absolute atomic E-state index is 0.0282. The summed E-state index contributed by atoms with van der Waals surface area (Å²) in [6, 6.07) is 2.30. The maximum absolute atomic E-state index is 13.7. The summed E-state index contributed by atoms with van der Waals surface area (Å²) in [6.07, 6.45) is 0. The van der Waals surface area contributed by atoms with E-state index in [4.69, 9.17) is 10.8 Å². The van der Waals surface area contributed by atoms with Gasteiger partial charge in [0.1, 0.15) is 0 Å². The fourth-order valence-corrected chi connectivity index (χ4v) is 1.55. The predicted octanol–water partition coefficient (Wildman–Crippen LogP) is 1.45. The average Bonchev–Trinajstić information content (AvgIpc) is 2.29. The number of carboxylic acid groups (broad SMARTS) is 1. The van der Waals surface area contributed by atoms with Gasteiger partial charge in [-0.2, -0.15) is 0 Å². The minimum Gasteiger partial charge on any atom is -0.478 e. The molecule has 94 valence electrons. The van der Waals surface area contributed by atoms with Gasteiger partial charge in [0.15, 0.2) is 11.6 Å². The summed E-state index contributed by atoms with van der Waals surface area (Å²) < 4.78 is 27.1. The van der Waals surface area contributed by atoms with Crippen LogP contribution in [-0.2, 0) is 0 Å². The summed E-state index contributed by atoms with van der Waals surface area (Å²) in [5.74, 6) is -3.99. The Kier molecular flexibility index (Phi) is 4.39. The first-order chi connectivity index (χ1) is 8.02. The molecule has 0 aromatic heterocycles. The maximum atomic E-state index is 13.7. The van der Waals surface area contributed by atoms with Gasteiger partial charge >= 0.3 is 5.97 Å². The van der Waals surface area contributed by atoms with Crippen LogP contribution in [0.5, 0.6) is 0 Å². The van der Waals surface area contributed by atoms with Crippen LogP contribution in [0.3, 0.4) is 0 Å². The average molecular weight is 244 g/mol. The predicted molar refractivity (Wildman–Crippen MR) is 60.3 cm³/mol. The van der Waals surface area contributed by atoms with Crippen molar-refractivity contribution in [3.63, 3.8) is 0 Å². The number of carboxylic acids is 1. The highest BCUT2D eigenvalue weighted by Crippen LogP contribution is 2.24. The van der Waals surface area contributed by atoms with Gasteiger partial charge < -0.3 is 15.7 Å². The van der Waals surface area contributed by atoms with Crippen LogP contribution >= 0.6 is 0 Å². The van der Waals surface area contributed by atoms with E-state index < -0.39 is 23.2 Å². The lowest BCUT2D eigenvalue weighted by Gasteiger charge is -2.23. The van der Waals surface area contributed by atoms with E-state index in [1.165, 1.54) is 6.07 Å². The Balaban J connectivity index is 3.19. The summed E-state index contributed by atoms with van der Waals surface area (Å²) in [5, 5.41) is 8.64. The summed E-state index contributed by atoms with van der Waals surface area (Å²) in [6.45, 7) is 2.91. The van der Waals surface area contributed by atoms with Crippen LogP contribution in [0.25, 0.3) is 0 Å². The zero-order valence-electron chi connectivity index (χ0n) is 9.41. The number of rotatable bonds is 5. The van der Waals surface area contributed by atoms with Crippen LogP contribution in [0.15, 0.2) is 12.1 Å². The Labute approximate surface area is 97.6 Å². The maximum Gasteiger partial charge on any atom is 0.338 e. The first kappa shape index (κ1) is 13.4. The van der Waals surface area contributed by atoms with Gasteiger partial charge in [-0.25, -0.2) is 13.6 Å². The Morgan fingerprint density at radius 1 is 1.41 bits per heavy atom. The fourth-order valence-electron chi connectivity index (χ4n) is 1.55. The van der Waals surface area contributed by atoms with Gasteiger partial charge in [0.2, 0.25) is 0 Å². The molecule has 0 unspecified atom stereocenters. The number of carbonyl (C=O) groups is 1. The number of anilines is 1. The van der Waals surface area contributed by atoms with Gasteiger partial charge in [0, 0.05) is 19.6 Å². The van der Waals surface area contributed by atoms with Crippen molar-refractivity contribution in [3.8, 4) is 0 Å². The molecule has 17 heavy (non-hydrogen) atoms. The lowest BCUT2D eigenvalue weighted by molar-refractivity contribution is 0.0690. The molecule has 0 fully saturated rings. The fraction of sp³-hybridized carbons (Fsp3) is 0.364. The monoisotopic (exact) mass is 244 g/mol. The van der Waals surface area contributed by atoms with Crippen molar-refractivity contribution < 1.29 is 18.7 Å². The molecule has 0 saturated carbocycles. The molecule has 0 saturated heterocycles. The van der Waals surface area contributed by atoms with Gasteiger partial charge in [0.25, 0.3) is 0 Å². The molecule has 1 aromatic rings. The number of likely N-dealkylation sites (N-methyl/N-ethyl adjacent to an activating group) is 1. The Hall–Kier alpha value is -1.69. The van der Waals surface area contributed by atoms with Crippen molar-refractivity contribution in [1.82, 2.24) is 0 Å². The third-order valence-corrected chi connectivity index (χ3v) is 2.41. The van der Waals surface area contributed by atoms with Gasteiger partial charge in [-0.3, -0.25) is 0 Å². The molecule has 3 N–H and O–H groups in total. The number of nitrogens with two attached hydrogens (primary N) is 1. The number of halogens is 2. The Morgan fingerprint density at radius 2 is 2.06 bits per heavy atom. The molecule has 0 aliphatic carbocycles. The Morgan fingerprint density at radius 3 is 2.53 bits per heavy atom. The third kappa shape index (κ3) is 2.71. The number of hydrogen-bond acceptors (Lipinski definition) is 3. The lowest BCUT2D eigenvalue weighted by atomic mass is 10.1. The SMILES string of the molecule is CCN(CCN)c1ccc(C(=O)O)c(F)c1F. The molecular formula is C11H14F2N2O2. The molecule has 1 rings (SSSR count). The molecule has 1 aromatic carbocycles. The van der Waals surface area contributed by atoms with Crippen LogP contribution < -0.4 is 10.6 Å². The zero-order chi connectivity index (χ0) is 13.0. The van der Waals surface area contributed by atoms with Crippen LogP contribution in [0.2, 0.25) is 0 Å². The van der Waals surface area contributed by atoms with Crippen molar-refractivity contribution in [2.24, 2.45) is 5.73 Å². The van der Waals surface area contributed by atoms with Crippen molar-refractivity contribution in [2.45, 2.75) is 6.92 Å². The Bertz CT molecular complexity index is 424. The third-order valence-electron chi connectivity index (χ3n) is 2.41. The highest BCUT2D eigenvalue weighted by Gasteiger charge is 2.20. The van der Waals surface area contributed by atoms with E-state index >= 15 is 0 Å². The van der Waals surface area contributed by atoms with Crippen molar-refractivity contribution in [1.29, 1.82) is 0 Å². The molecule has 4 nitrogen and oxygen atoms in total. The smallest absolute Gasteiger partial charge is 0.338 e. The minimum atomic E-state index is -1.49. The topological polar surface area (TPSA) is 66.6 Å². The van der Waals surface area contributed by atoms with Crippen molar-refractivity contribution >= 4 is 11.7 Å². The first-order valence-corrected chi connectivity index (χ1v) is 5.19. The van der Waals surface area contributed by atoms with Crippen molar-refractivity contribution in [2.75, 3.05) is 24.5 Å². The quantitative estimate of drug-likeness (QED) is 0.822. The van der Waals surface area contributed by atoms with Crippen LogP contribution in [0.4, 0.5) is 14.5 Å². The van der Waals surface area contributed by atoms with E-state index in [2.05, 4.69) is 0 Å². The summed E-state index contributed by atoms with van der Waals surface area (Å²) in [4.78, 5) is 12.2. The summed E-state index contributed by atoms with van der Waals surface area (Å²) in [7, 11) is 0. The second-order valence-electron chi connectivity index (χ2n) is 3.43. The largest absolute Gasteiger partial charge is 0.478 e. The summed E-state index contributed by atoms with van der Waals surface area (Å²) >= 11 is 0. The molecule has 0 radical (unpaired) electrons. The zero-order valence-corrected chi connectivity index (χ0v) is 9.41. The molecule has 0 spiro atoms. The normalized spacial score (nSPS) is 10.4. The highest BCUT2D eigenvalue weighted by molar-refractivity contribution is 5.88. The van der Waals surface area contributed by atoms with Crippen LogP contribution in [0, 0.1) is 11.6 Å². The van der Waals surface area contributed by atoms with Crippen molar-refractivity contribution in [3.05, 3.63) is 29.3 Å². The second-order valence-corrected chi connectivity index (χ2v) is 3.43. The van der Waals surface area contributed by atoms with Gasteiger partial charge in [-0.1, -0.05) is 0 Å². The molecule has 0 aliphatic heterocycles. The number of nitrogens with zero attached hydrogens (tertiary/aromatic N) is 1. The standard InChI is InChI=1S/C11H14F2N2O2/c1-2-15(6-5-14)8-4-3-7(11(16)17)9(12)10(8)13/h3-4H,2,5-6,14H2,1H3,(H,16,17). The van der Waals surface area contributed by atoms with Crippen LogP contribution in [0.1, 0.15) is 17.3 Å². The molecule has 0 amide bonds. The van der Waals surface area contributed by atoms with E-state index in [-0.39, 0.29) is 5.69 Å². The van der Waals surface area contributed by atoms with Gasteiger partial charge in [0.05, 0.1) is 11.3 Å². The lowest BCUT2D eigenvalue weighted by Crippen LogP contribution is -2.30. The van der Waals surface area contributed by atoms with E-state index in [9.17, 15) is 13.6 Å². The van der Waals surface area contributed by atoms with E-state index in [1.807, 2.05) is 0 Å². The van der Waals surface area contributed by atoms with E-state index in [1.54, 1.807) is 11.8 Å². The van der Waals surface area contributed by atoms with E-state index in [0.717, 1.165) is 6.07 Å². The highest BCUT2D eigenvalue weighted by atomic mass is 19.2. The molecular weight excluding hydrogens is 230 g/mol. The van der Waals surface area contributed by atoms with E-state index in [0.29, 0.717) is 19.6 Å². The number of aromatic carboxylic acids is 1.